The van der Waals surface area contributed by atoms with E-state index in [0.717, 1.165) is 42.3 Å². The topological polar surface area (TPSA) is 64.7 Å². The third kappa shape index (κ3) is 3.73. The number of rotatable bonds is 6. The van der Waals surface area contributed by atoms with Crippen molar-refractivity contribution in [3.05, 3.63) is 83.8 Å². The van der Waals surface area contributed by atoms with Gasteiger partial charge in [0.15, 0.2) is 0 Å². The summed E-state index contributed by atoms with van der Waals surface area (Å²) in [5.41, 5.74) is 4.71. The van der Waals surface area contributed by atoms with Gasteiger partial charge in [-0.3, -0.25) is 14.2 Å². The number of nitrogens with zero attached hydrogens (tertiary/aromatic N) is 4. The predicted molar refractivity (Wildman–Crippen MR) is 116 cm³/mol. The summed E-state index contributed by atoms with van der Waals surface area (Å²) in [6, 6.07) is 18.5. The van der Waals surface area contributed by atoms with E-state index in [-0.39, 0.29) is 11.9 Å². The number of benzene rings is 2. The second-order valence-electron chi connectivity index (χ2n) is 7.88. The predicted octanol–water partition coefficient (Wildman–Crippen LogP) is 3.87. The molecule has 0 bridgehead atoms. The van der Waals surface area contributed by atoms with Crippen LogP contribution in [0.5, 0.6) is 0 Å². The minimum absolute atomic E-state index is 0.0418. The standard InChI is InChI=1S/C24H25N5O/c30-24(13-14-28-22-11-5-4-9-19(22)15-25-28)27-21-10-6-12-23-20(21)16-26-29(23)17-18-7-2-1-3-8-18/h1-5,7-9,11,15-16,21H,6,10,12-14,17H2,(H,27,30)/t21-/m0/s1. The maximum Gasteiger partial charge on any atom is 0.222 e. The van der Waals surface area contributed by atoms with Crippen LogP contribution in [-0.2, 0) is 24.3 Å². The summed E-state index contributed by atoms with van der Waals surface area (Å²) in [4.78, 5) is 12.7. The fourth-order valence-electron chi connectivity index (χ4n) is 4.34. The Bertz CT molecular complexity index is 1160. The van der Waals surface area contributed by atoms with Crippen molar-refractivity contribution in [1.29, 1.82) is 0 Å². The van der Waals surface area contributed by atoms with Crippen molar-refractivity contribution < 1.29 is 4.79 Å². The van der Waals surface area contributed by atoms with Gasteiger partial charge in [-0.25, -0.2) is 0 Å². The summed E-state index contributed by atoms with van der Waals surface area (Å²) in [5.74, 6) is 0.0586. The molecule has 6 nitrogen and oxygen atoms in total. The summed E-state index contributed by atoms with van der Waals surface area (Å²) < 4.78 is 3.98. The van der Waals surface area contributed by atoms with E-state index >= 15 is 0 Å². The van der Waals surface area contributed by atoms with E-state index in [1.54, 1.807) is 0 Å². The molecule has 0 aliphatic heterocycles. The Morgan fingerprint density at radius 1 is 1.00 bits per heavy atom. The number of hydrogen-bond acceptors (Lipinski definition) is 3. The zero-order valence-corrected chi connectivity index (χ0v) is 16.9. The van der Waals surface area contributed by atoms with E-state index < -0.39 is 0 Å². The van der Waals surface area contributed by atoms with Gasteiger partial charge < -0.3 is 5.32 Å². The molecule has 1 amide bonds. The number of nitrogens with one attached hydrogen (secondary N) is 1. The Morgan fingerprint density at radius 3 is 2.70 bits per heavy atom. The molecule has 6 heteroatoms. The Labute approximate surface area is 175 Å². The molecule has 0 unspecified atom stereocenters. The molecule has 4 aromatic rings. The second-order valence-corrected chi connectivity index (χ2v) is 7.88. The molecule has 5 rings (SSSR count). The number of amides is 1. The highest BCUT2D eigenvalue weighted by molar-refractivity contribution is 5.79. The molecule has 2 heterocycles. The van der Waals surface area contributed by atoms with Crippen LogP contribution < -0.4 is 5.32 Å². The number of aryl methyl sites for hydroxylation is 1. The highest BCUT2D eigenvalue weighted by Crippen LogP contribution is 2.30. The van der Waals surface area contributed by atoms with Crippen LogP contribution in [0.1, 0.15) is 42.1 Å². The van der Waals surface area contributed by atoms with Gasteiger partial charge in [0.05, 0.1) is 37.0 Å². The van der Waals surface area contributed by atoms with E-state index in [2.05, 4.69) is 44.5 Å². The highest BCUT2D eigenvalue weighted by Gasteiger charge is 2.25. The number of carbonyl (C=O) groups is 1. The first-order valence-electron chi connectivity index (χ1n) is 10.6. The monoisotopic (exact) mass is 399 g/mol. The van der Waals surface area contributed by atoms with Gasteiger partial charge in [0.2, 0.25) is 5.91 Å². The minimum Gasteiger partial charge on any atom is -0.349 e. The summed E-state index contributed by atoms with van der Waals surface area (Å²) in [6.45, 7) is 1.34. The van der Waals surface area contributed by atoms with E-state index in [4.69, 9.17) is 0 Å². The van der Waals surface area contributed by atoms with Crippen LogP contribution in [-0.4, -0.2) is 25.5 Å². The number of fused-ring (bicyclic) bond motifs is 2. The van der Waals surface area contributed by atoms with Gasteiger partial charge in [0.1, 0.15) is 0 Å². The average Bonchev–Trinajstić information content (AvgIpc) is 3.38. The lowest BCUT2D eigenvalue weighted by atomic mass is 9.92. The summed E-state index contributed by atoms with van der Waals surface area (Å²) in [5, 5.41) is 13.4. The summed E-state index contributed by atoms with van der Waals surface area (Å²) in [7, 11) is 0. The highest BCUT2D eigenvalue weighted by atomic mass is 16.1. The van der Waals surface area contributed by atoms with Crippen molar-refractivity contribution in [2.45, 2.75) is 44.8 Å². The molecule has 0 radical (unpaired) electrons. The van der Waals surface area contributed by atoms with Crippen molar-refractivity contribution in [2.24, 2.45) is 0 Å². The zero-order chi connectivity index (χ0) is 20.3. The van der Waals surface area contributed by atoms with Crippen molar-refractivity contribution in [2.75, 3.05) is 0 Å². The van der Waals surface area contributed by atoms with E-state index in [1.807, 2.05) is 47.4 Å². The lowest BCUT2D eigenvalue weighted by Crippen LogP contribution is -2.31. The average molecular weight is 399 g/mol. The lowest BCUT2D eigenvalue weighted by molar-refractivity contribution is -0.122. The molecule has 152 valence electrons. The molecule has 1 aliphatic rings. The van der Waals surface area contributed by atoms with Crippen LogP contribution >= 0.6 is 0 Å². The molecular formula is C24H25N5O. The third-order valence-electron chi connectivity index (χ3n) is 5.87. The smallest absolute Gasteiger partial charge is 0.222 e. The van der Waals surface area contributed by atoms with E-state index in [1.165, 1.54) is 11.3 Å². The molecule has 1 atom stereocenters. The van der Waals surface area contributed by atoms with Gasteiger partial charge >= 0.3 is 0 Å². The van der Waals surface area contributed by atoms with Crippen LogP contribution in [0.4, 0.5) is 0 Å². The zero-order valence-electron chi connectivity index (χ0n) is 16.9. The fourth-order valence-corrected chi connectivity index (χ4v) is 4.34. The first-order valence-corrected chi connectivity index (χ1v) is 10.6. The van der Waals surface area contributed by atoms with Crippen LogP contribution in [0.2, 0.25) is 0 Å². The lowest BCUT2D eigenvalue weighted by Gasteiger charge is -2.24. The quantitative estimate of drug-likeness (QED) is 0.535. The largest absolute Gasteiger partial charge is 0.349 e. The van der Waals surface area contributed by atoms with Gasteiger partial charge in [0, 0.05) is 23.1 Å². The van der Waals surface area contributed by atoms with Crippen LogP contribution in [0, 0.1) is 0 Å². The van der Waals surface area contributed by atoms with Crippen molar-refractivity contribution >= 4 is 16.8 Å². The Hall–Kier alpha value is -3.41. The molecule has 2 aromatic carbocycles. The van der Waals surface area contributed by atoms with Crippen molar-refractivity contribution in [3.63, 3.8) is 0 Å². The molecule has 30 heavy (non-hydrogen) atoms. The molecule has 2 aromatic heterocycles. The molecule has 1 N–H and O–H groups in total. The molecule has 0 fully saturated rings. The first-order chi connectivity index (χ1) is 14.8. The van der Waals surface area contributed by atoms with Gasteiger partial charge in [0.25, 0.3) is 0 Å². The number of aromatic nitrogens is 4. The van der Waals surface area contributed by atoms with Crippen LogP contribution in [0.25, 0.3) is 10.9 Å². The van der Waals surface area contributed by atoms with E-state index in [9.17, 15) is 4.79 Å². The summed E-state index contributed by atoms with van der Waals surface area (Å²) >= 11 is 0. The molecular weight excluding hydrogens is 374 g/mol. The fraction of sp³-hybridized carbons (Fsp3) is 0.292. The Balaban J connectivity index is 1.24. The van der Waals surface area contributed by atoms with Gasteiger partial charge in [-0.05, 0) is 30.9 Å². The van der Waals surface area contributed by atoms with Crippen molar-refractivity contribution in [1.82, 2.24) is 24.9 Å². The van der Waals surface area contributed by atoms with Gasteiger partial charge in [-0.2, -0.15) is 10.2 Å². The number of carbonyl (C=O) groups excluding carboxylic acids is 1. The van der Waals surface area contributed by atoms with Gasteiger partial charge in [-0.1, -0.05) is 48.5 Å². The minimum atomic E-state index is 0.0418. The molecule has 0 spiro atoms. The number of hydrogen-bond donors (Lipinski definition) is 1. The van der Waals surface area contributed by atoms with Crippen molar-refractivity contribution in [3.8, 4) is 0 Å². The maximum absolute atomic E-state index is 12.7. The number of para-hydroxylation sites is 1. The third-order valence-corrected chi connectivity index (χ3v) is 5.87. The normalized spacial score (nSPS) is 15.8. The summed E-state index contributed by atoms with van der Waals surface area (Å²) in [6.07, 6.45) is 7.22. The Kier molecular flexibility index (Phi) is 5.05. The SMILES string of the molecule is O=C(CCn1ncc2ccccc21)N[C@H]1CCCc2c1cnn2Cc1ccccc1. The van der Waals surface area contributed by atoms with Gasteiger partial charge in [-0.15, -0.1) is 0 Å². The molecule has 0 saturated heterocycles. The van der Waals surface area contributed by atoms with E-state index in [0.29, 0.717) is 13.0 Å². The Morgan fingerprint density at radius 2 is 1.80 bits per heavy atom. The van der Waals surface area contributed by atoms with Crippen LogP contribution in [0.3, 0.4) is 0 Å². The molecule has 1 aliphatic carbocycles. The molecule has 0 saturated carbocycles. The first kappa shape index (κ1) is 18.6. The maximum atomic E-state index is 12.7. The van der Waals surface area contributed by atoms with Crippen LogP contribution in [0.15, 0.2) is 67.0 Å². The second kappa shape index (κ2) is 8.14.